The molecule has 1 saturated carbocycles. The van der Waals surface area contributed by atoms with E-state index >= 15 is 0 Å². The van der Waals surface area contributed by atoms with Crippen LogP contribution in [0.5, 0.6) is 11.5 Å². The minimum Gasteiger partial charge on any atom is -0.494 e. The van der Waals surface area contributed by atoms with Crippen molar-refractivity contribution in [2.24, 2.45) is 17.8 Å². The van der Waals surface area contributed by atoms with Gasteiger partial charge in [-0.25, -0.2) is 0 Å². The molecule has 1 aromatic rings. The van der Waals surface area contributed by atoms with Crippen molar-refractivity contribution < 1.29 is 18.3 Å². The van der Waals surface area contributed by atoms with Crippen molar-refractivity contribution in [3.8, 4) is 11.5 Å². The van der Waals surface area contributed by atoms with Crippen LogP contribution in [0.2, 0.25) is 0 Å². The van der Waals surface area contributed by atoms with Crippen LogP contribution in [-0.4, -0.2) is 13.7 Å². The Balaban J connectivity index is 1.51. The molecular weight excluding hydrogens is 334 g/mol. The molecule has 4 heteroatoms. The van der Waals surface area contributed by atoms with Crippen LogP contribution in [-0.2, 0) is 0 Å². The summed E-state index contributed by atoms with van der Waals surface area (Å²) in [6, 6.07) is 2.81. The Morgan fingerprint density at radius 3 is 2.35 bits per heavy atom. The molecule has 1 aromatic carbocycles. The molecular formula is C22H28F2O2. The Kier molecular flexibility index (Phi) is 6.33. The molecule has 26 heavy (non-hydrogen) atoms. The molecule has 0 bridgehead atoms. The quantitative estimate of drug-likeness (QED) is 0.572. The molecule has 3 rings (SSSR count). The van der Waals surface area contributed by atoms with Crippen LogP contribution >= 0.6 is 0 Å². The van der Waals surface area contributed by atoms with Crippen LogP contribution in [0.15, 0.2) is 36.4 Å². The van der Waals surface area contributed by atoms with Crippen molar-refractivity contribution in [3.63, 3.8) is 0 Å². The summed E-state index contributed by atoms with van der Waals surface area (Å²) in [7, 11) is 1.31. The fourth-order valence-corrected chi connectivity index (χ4v) is 4.27. The lowest BCUT2D eigenvalue weighted by Crippen LogP contribution is -2.23. The summed E-state index contributed by atoms with van der Waals surface area (Å²) in [5.74, 6) is 0.108. The van der Waals surface area contributed by atoms with E-state index in [2.05, 4.69) is 18.7 Å². The van der Waals surface area contributed by atoms with Gasteiger partial charge in [-0.3, -0.25) is 0 Å². The smallest absolute Gasteiger partial charge is 0.204 e. The zero-order valence-electron chi connectivity index (χ0n) is 15.5. The van der Waals surface area contributed by atoms with Crippen LogP contribution in [0.3, 0.4) is 0 Å². The van der Waals surface area contributed by atoms with Gasteiger partial charge in [0.05, 0.1) is 7.11 Å². The summed E-state index contributed by atoms with van der Waals surface area (Å²) < 4.78 is 38.0. The standard InChI is InChI=1S/C22H28F2O2/c1-3-15-4-8-17(9-5-15)18-10-6-16(7-11-18)14-26-20-13-12-19(25-2)21(23)22(20)24/h3,6,12-13,15,17-18H,1,4-5,7-11,14H2,2H3. The van der Waals surface area contributed by atoms with E-state index in [1.165, 1.54) is 50.5 Å². The van der Waals surface area contributed by atoms with Gasteiger partial charge in [0, 0.05) is 0 Å². The van der Waals surface area contributed by atoms with Crippen LogP contribution in [0.4, 0.5) is 8.78 Å². The van der Waals surface area contributed by atoms with Crippen LogP contribution in [0, 0.1) is 29.4 Å². The highest BCUT2D eigenvalue weighted by Gasteiger charge is 2.27. The Bertz CT molecular complexity index is 660. The van der Waals surface area contributed by atoms with Crippen LogP contribution in [0.1, 0.15) is 44.9 Å². The molecule has 0 aliphatic heterocycles. The Hall–Kier alpha value is -1.84. The van der Waals surface area contributed by atoms with Crippen molar-refractivity contribution in [3.05, 3.63) is 48.1 Å². The highest BCUT2D eigenvalue weighted by atomic mass is 19.2. The van der Waals surface area contributed by atoms with Gasteiger partial charge in [-0.05, 0) is 80.4 Å². The maximum absolute atomic E-state index is 14.0. The fourth-order valence-electron chi connectivity index (χ4n) is 4.27. The Morgan fingerprint density at radius 2 is 1.73 bits per heavy atom. The fraction of sp³-hybridized carbons (Fsp3) is 0.545. The SMILES string of the molecule is C=CC1CCC(C2CC=C(COc3ccc(OC)c(F)c3F)CC2)CC1. The monoisotopic (exact) mass is 362 g/mol. The molecule has 1 atom stereocenters. The van der Waals surface area contributed by atoms with Crippen LogP contribution < -0.4 is 9.47 Å². The third-order valence-corrected chi connectivity index (χ3v) is 6.01. The van der Waals surface area contributed by atoms with Crippen LogP contribution in [0.25, 0.3) is 0 Å². The molecule has 2 nitrogen and oxygen atoms in total. The van der Waals surface area contributed by atoms with Gasteiger partial charge >= 0.3 is 0 Å². The Morgan fingerprint density at radius 1 is 1.04 bits per heavy atom. The summed E-state index contributed by atoms with van der Waals surface area (Å²) in [6.07, 6.45) is 12.7. The van der Waals surface area contributed by atoms with Gasteiger partial charge < -0.3 is 9.47 Å². The van der Waals surface area contributed by atoms with Crippen molar-refractivity contribution in [1.82, 2.24) is 0 Å². The number of rotatable bonds is 6. The van der Waals surface area contributed by atoms with Gasteiger partial charge in [-0.2, -0.15) is 8.78 Å². The van der Waals surface area contributed by atoms with Crippen molar-refractivity contribution in [1.29, 1.82) is 0 Å². The lowest BCUT2D eigenvalue weighted by atomic mass is 9.71. The summed E-state index contributed by atoms with van der Waals surface area (Å²) in [5, 5.41) is 0. The Labute approximate surface area is 154 Å². The molecule has 0 radical (unpaired) electrons. The van der Waals surface area contributed by atoms with Gasteiger partial charge in [0.25, 0.3) is 0 Å². The van der Waals surface area contributed by atoms with Gasteiger partial charge in [0.2, 0.25) is 11.6 Å². The average Bonchev–Trinajstić information content (AvgIpc) is 2.70. The molecule has 0 heterocycles. The van der Waals surface area contributed by atoms with E-state index in [-0.39, 0.29) is 11.5 Å². The maximum Gasteiger partial charge on any atom is 0.204 e. The largest absolute Gasteiger partial charge is 0.494 e. The topological polar surface area (TPSA) is 18.5 Å². The summed E-state index contributed by atoms with van der Waals surface area (Å²) in [4.78, 5) is 0. The number of benzene rings is 1. The molecule has 0 spiro atoms. The van der Waals surface area contributed by atoms with E-state index in [0.29, 0.717) is 12.5 Å². The molecule has 1 unspecified atom stereocenters. The van der Waals surface area contributed by atoms with Gasteiger partial charge in [0.15, 0.2) is 11.5 Å². The summed E-state index contributed by atoms with van der Waals surface area (Å²) >= 11 is 0. The van der Waals surface area contributed by atoms with Gasteiger partial charge in [-0.15, -0.1) is 6.58 Å². The van der Waals surface area contributed by atoms with Gasteiger partial charge in [-0.1, -0.05) is 12.2 Å². The number of halogens is 2. The van der Waals surface area contributed by atoms with Gasteiger partial charge in [0.1, 0.15) is 6.61 Å². The minimum atomic E-state index is -1.00. The molecule has 0 amide bonds. The normalized spacial score (nSPS) is 26.1. The minimum absolute atomic E-state index is 0.0610. The van der Waals surface area contributed by atoms with E-state index in [4.69, 9.17) is 9.47 Å². The predicted molar refractivity (Wildman–Crippen MR) is 99.5 cm³/mol. The molecule has 2 aliphatic carbocycles. The molecule has 2 aliphatic rings. The third-order valence-electron chi connectivity index (χ3n) is 6.01. The van der Waals surface area contributed by atoms with E-state index in [1.54, 1.807) is 0 Å². The summed E-state index contributed by atoms with van der Waals surface area (Å²) in [6.45, 7) is 4.24. The van der Waals surface area contributed by atoms with E-state index < -0.39 is 11.6 Å². The number of hydrogen-bond donors (Lipinski definition) is 0. The second-order valence-corrected chi connectivity index (χ2v) is 7.49. The molecule has 0 N–H and O–H groups in total. The highest BCUT2D eigenvalue weighted by Crippen LogP contribution is 2.40. The third kappa shape index (κ3) is 4.28. The number of ether oxygens (including phenoxy) is 2. The second kappa shape index (κ2) is 8.70. The first-order valence-electron chi connectivity index (χ1n) is 9.57. The predicted octanol–water partition coefficient (Wildman–Crippen LogP) is 6.07. The molecule has 142 valence electrons. The van der Waals surface area contributed by atoms with Crippen molar-refractivity contribution >= 4 is 0 Å². The van der Waals surface area contributed by atoms with E-state index in [0.717, 1.165) is 31.1 Å². The molecule has 0 aromatic heterocycles. The zero-order chi connectivity index (χ0) is 18.5. The first kappa shape index (κ1) is 18.9. The first-order chi connectivity index (χ1) is 12.6. The first-order valence-corrected chi connectivity index (χ1v) is 9.57. The highest BCUT2D eigenvalue weighted by molar-refractivity contribution is 5.35. The number of allylic oxidation sites excluding steroid dienone is 2. The van der Waals surface area contributed by atoms with E-state index in [1.807, 2.05) is 0 Å². The molecule has 0 saturated heterocycles. The number of methoxy groups -OCH3 is 1. The lowest BCUT2D eigenvalue weighted by molar-refractivity contribution is 0.206. The summed E-state index contributed by atoms with van der Waals surface area (Å²) in [5.41, 5.74) is 1.18. The van der Waals surface area contributed by atoms with Crippen molar-refractivity contribution in [2.75, 3.05) is 13.7 Å². The second-order valence-electron chi connectivity index (χ2n) is 7.49. The van der Waals surface area contributed by atoms with E-state index in [9.17, 15) is 8.78 Å². The molecule has 1 fully saturated rings. The maximum atomic E-state index is 14.0. The average molecular weight is 362 g/mol. The lowest BCUT2D eigenvalue weighted by Gasteiger charge is -2.34. The van der Waals surface area contributed by atoms with Crippen molar-refractivity contribution in [2.45, 2.75) is 44.9 Å². The number of hydrogen-bond acceptors (Lipinski definition) is 2. The zero-order valence-corrected chi connectivity index (χ0v) is 15.5.